The van der Waals surface area contributed by atoms with Crippen LogP contribution >= 0.6 is 0 Å². The molecular weight excluding hydrogens is 464 g/mol. The van der Waals surface area contributed by atoms with Gasteiger partial charge >= 0.3 is 5.69 Å². The van der Waals surface area contributed by atoms with Crippen LogP contribution in [0.3, 0.4) is 0 Å². The molecule has 4 rings (SSSR count). The van der Waals surface area contributed by atoms with Crippen molar-refractivity contribution >= 4 is 16.9 Å². The van der Waals surface area contributed by atoms with Crippen LogP contribution in [0.1, 0.15) is 49.6 Å². The zero-order valence-corrected chi connectivity index (χ0v) is 22.0. The maximum absolute atomic E-state index is 12.8. The number of piperazine rings is 1. The van der Waals surface area contributed by atoms with Crippen molar-refractivity contribution in [3.05, 3.63) is 63.7 Å². The molecule has 0 aliphatic carbocycles. The van der Waals surface area contributed by atoms with Gasteiger partial charge < -0.3 is 10.2 Å². The van der Waals surface area contributed by atoms with Gasteiger partial charge in [-0.2, -0.15) is 15.5 Å². The highest BCUT2D eigenvalue weighted by Gasteiger charge is 2.37. The van der Waals surface area contributed by atoms with Gasteiger partial charge in [0.15, 0.2) is 5.82 Å². The Bertz CT molecular complexity index is 1380. The van der Waals surface area contributed by atoms with Gasteiger partial charge in [-0.05, 0) is 38.0 Å². The predicted molar refractivity (Wildman–Crippen MR) is 144 cm³/mol. The first-order chi connectivity index (χ1) is 17.9. The molecule has 37 heavy (non-hydrogen) atoms. The van der Waals surface area contributed by atoms with E-state index >= 15 is 0 Å². The summed E-state index contributed by atoms with van der Waals surface area (Å²) in [7, 11) is 1.68. The Hall–Kier alpha value is -3.79. The van der Waals surface area contributed by atoms with E-state index < -0.39 is 0 Å². The Balaban J connectivity index is 1.70. The highest BCUT2D eigenvalue weighted by atomic mass is 16.1. The van der Waals surface area contributed by atoms with E-state index in [1.54, 1.807) is 19.2 Å². The second kappa shape index (κ2) is 11.5. The number of hydrogen-bond acceptors (Lipinski definition) is 8. The Morgan fingerprint density at radius 2 is 1.89 bits per heavy atom. The molecular formula is C28H34N8O. The molecule has 1 saturated heterocycles. The summed E-state index contributed by atoms with van der Waals surface area (Å²) in [5, 5.41) is 21.9. The lowest BCUT2D eigenvalue weighted by atomic mass is 9.96. The number of hydrogen-bond donors (Lipinski definition) is 1. The fraction of sp³-hybridized carbons (Fsp3) is 0.464. The third-order valence-electron chi connectivity index (χ3n) is 7.29. The van der Waals surface area contributed by atoms with Gasteiger partial charge in [0.05, 0.1) is 11.6 Å². The van der Waals surface area contributed by atoms with Gasteiger partial charge in [-0.1, -0.05) is 36.8 Å². The lowest BCUT2D eigenvalue weighted by molar-refractivity contribution is 0.0956. The number of pyridine rings is 1. The van der Waals surface area contributed by atoms with Crippen LogP contribution in [0, 0.1) is 29.6 Å². The van der Waals surface area contributed by atoms with Crippen molar-refractivity contribution in [2.24, 2.45) is 7.05 Å². The van der Waals surface area contributed by atoms with E-state index in [2.05, 4.69) is 82.3 Å². The molecule has 9 heteroatoms. The van der Waals surface area contributed by atoms with E-state index in [-0.39, 0.29) is 23.8 Å². The molecule has 1 unspecified atom stereocenters. The monoisotopic (exact) mass is 498 g/mol. The van der Waals surface area contributed by atoms with Crippen molar-refractivity contribution in [2.45, 2.75) is 51.7 Å². The second-order valence-corrected chi connectivity index (χ2v) is 9.75. The van der Waals surface area contributed by atoms with E-state index in [1.165, 1.54) is 15.7 Å². The Labute approximate surface area is 218 Å². The van der Waals surface area contributed by atoms with Crippen LogP contribution in [0.4, 0.5) is 5.82 Å². The number of nitrogens with one attached hydrogen (secondary N) is 1. The summed E-state index contributed by atoms with van der Waals surface area (Å²) in [5.74, 6) is 0.542. The average molecular weight is 499 g/mol. The molecule has 3 aromatic rings. The van der Waals surface area contributed by atoms with E-state index in [4.69, 9.17) is 5.26 Å². The standard InChI is InChI=1S/C28H34N8O/c1-5-23-18-35(27-26-24(34(4)28(37)33-27)12-11-22(15-30)32-26)20(3)17-36(23)25(16-31-14-6-13-29)21-9-7-19(2)8-10-21/h7-12,20,23,25,31H,5-6,14,16-18H2,1-4H3/t20-,23+,25?/m0/s1. The number of aromatic nitrogens is 3. The third kappa shape index (κ3) is 5.48. The van der Waals surface area contributed by atoms with E-state index in [0.29, 0.717) is 42.1 Å². The van der Waals surface area contributed by atoms with Crippen molar-refractivity contribution in [3.63, 3.8) is 0 Å². The molecule has 1 fully saturated rings. The summed E-state index contributed by atoms with van der Waals surface area (Å²) in [6, 6.07) is 16.8. The maximum Gasteiger partial charge on any atom is 0.349 e. The molecule has 0 saturated carbocycles. The van der Waals surface area contributed by atoms with Crippen molar-refractivity contribution in [1.29, 1.82) is 10.5 Å². The van der Waals surface area contributed by atoms with E-state index in [0.717, 1.165) is 19.5 Å². The highest BCUT2D eigenvalue weighted by molar-refractivity contribution is 5.86. The summed E-state index contributed by atoms with van der Waals surface area (Å²) < 4.78 is 1.48. The normalized spacial score (nSPS) is 18.9. The third-order valence-corrected chi connectivity index (χ3v) is 7.29. The first-order valence-corrected chi connectivity index (χ1v) is 12.8. The summed E-state index contributed by atoms with van der Waals surface area (Å²) in [6.07, 6.45) is 1.39. The number of nitrogens with zero attached hydrogens (tertiary/aromatic N) is 7. The number of nitriles is 2. The number of rotatable bonds is 8. The molecule has 9 nitrogen and oxygen atoms in total. The van der Waals surface area contributed by atoms with Gasteiger partial charge in [-0.15, -0.1) is 0 Å². The van der Waals surface area contributed by atoms with Crippen LogP contribution in [0.15, 0.2) is 41.2 Å². The second-order valence-electron chi connectivity index (χ2n) is 9.75. The van der Waals surface area contributed by atoms with Crippen LogP contribution < -0.4 is 15.9 Å². The van der Waals surface area contributed by atoms with Crippen LogP contribution in [-0.4, -0.2) is 57.7 Å². The minimum Gasteiger partial charge on any atom is -0.349 e. The first-order valence-electron chi connectivity index (χ1n) is 12.8. The van der Waals surface area contributed by atoms with Crippen LogP contribution in [0.2, 0.25) is 0 Å². The zero-order chi connectivity index (χ0) is 26.5. The van der Waals surface area contributed by atoms with E-state index in [9.17, 15) is 10.1 Å². The number of benzene rings is 1. The quantitative estimate of drug-likeness (QED) is 0.472. The van der Waals surface area contributed by atoms with Crippen molar-refractivity contribution in [3.8, 4) is 12.1 Å². The minimum absolute atomic E-state index is 0.0604. The smallest absolute Gasteiger partial charge is 0.349 e. The summed E-state index contributed by atoms with van der Waals surface area (Å²) in [6.45, 7) is 9.28. The molecule has 1 aliphatic heterocycles. The minimum atomic E-state index is -0.337. The predicted octanol–water partition coefficient (Wildman–Crippen LogP) is 3.04. The molecule has 0 radical (unpaired) electrons. The van der Waals surface area contributed by atoms with E-state index in [1.807, 2.05) is 0 Å². The van der Waals surface area contributed by atoms with Crippen LogP contribution in [0.5, 0.6) is 0 Å². The molecule has 3 atom stereocenters. The van der Waals surface area contributed by atoms with Gasteiger partial charge in [-0.3, -0.25) is 9.47 Å². The van der Waals surface area contributed by atoms with Gasteiger partial charge in [0.1, 0.15) is 17.3 Å². The van der Waals surface area contributed by atoms with Gasteiger partial charge in [0.25, 0.3) is 0 Å². The van der Waals surface area contributed by atoms with Crippen LogP contribution in [0.25, 0.3) is 11.0 Å². The first kappa shape index (κ1) is 26.3. The van der Waals surface area contributed by atoms with Gasteiger partial charge in [0.2, 0.25) is 0 Å². The lowest BCUT2D eigenvalue weighted by Gasteiger charge is -2.49. The number of aryl methyl sites for hydroxylation is 2. The lowest BCUT2D eigenvalue weighted by Crippen LogP contribution is -2.59. The summed E-state index contributed by atoms with van der Waals surface area (Å²) in [4.78, 5) is 26.5. The van der Waals surface area contributed by atoms with Gasteiger partial charge in [0, 0.05) is 57.8 Å². The molecule has 3 heterocycles. The van der Waals surface area contributed by atoms with Crippen molar-refractivity contribution in [1.82, 2.24) is 24.8 Å². The molecule has 1 N–H and O–H groups in total. The zero-order valence-electron chi connectivity index (χ0n) is 22.0. The fourth-order valence-corrected chi connectivity index (χ4v) is 5.17. The number of fused-ring (bicyclic) bond motifs is 1. The molecule has 0 amide bonds. The number of anilines is 1. The molecule has 2 aromatic heterocycles. The Morgan fingerprint density at radius 1 is 1.14 bits per heavy atom. The average Bonchev–Trinajstić information content (AvgIpc) is 2.91. The van der Waals surface area contributed by atoms with Crippen molar-refractivity contribution in [2.75, 3.05) is 31.1 Å². The summed E-state index contributed by atoms with van der Waals surface area (Å²) >= 11 is 0. The van der Waals surface area contributed by atoms with Crippen molar-refractivity contribution < 1.29 is 0 Å². The molecule has 1 aliphatic rings. The van der Waals surface area contributed by atoms with Crippen LogP contribution in [-0.2, 0) is 7.05 Å². The maximum atomic E-state index is 12.8. The molecule has 0 spiro atoms. The Morgan fingerprint density at radius 3 is 2.57 bits per heavy atom. The topological polar surface area (TPSA) is 114 Å². The molecule has 0 bridgehead atoms. The Kier molecular flexibility index (Phi) is 8.17. The SMILES string of the molecule is CC[C@@H]1CN(c2nc(=O)n(C)c3ccc(C#N)nc23)[C@@H](C)CN1C(CNCCC#N)c1ccc(C)cc1. The molecule has 192 valence electrons. The summed E-state index contributed by atoms with van der Waals surface area (Å²) in [5.41, 5.74) is 3.66. The van der Waals surface area contributed by atoms with Gasteiger partial charge in [-0.25, -0.2) is 9.78 Å². The largest absolute Gasteiger partial charge is 0.349 e. The fourth-order valence-electron chi connectivity index (χ4n) is 5.17. The molecule has 1 aromatic carbocycles. The highest BCUT2D eigenvalue weighted by Crippen LogP contribution is 2.32.